The van der Waals surface area contributed by atoms with Crippen LogP contribution in [-0.4, -0.2) is 21.8 Å². The lowest BCUT2D eigenvalue weighted by Gasteiger charge is -2.00. The van der Waals surface area contributed by atoms with Gasteiger partial charge >= 0.3 is 0 Å². The van der Waals surface area contributed by atoms with Crippen LogP contribution < -0.4 is 15.2 Å². The Kier molecular flexibility index (Phi) is 2.14. The maximum absolute atomic E-state index is 5.89. The highest BCUT2D eigenvalue weighted by molar-refractivity contribution is 5.79. The summed E-state index contributed by atoms with van der Waals surface area (Å²) in [6.07, 6.45) is 0. The third-order valence-corrected chi connectivity index (χ3v) is 3.36. The summed E-state index contributed by atoms with van der Waals surface area (Å²) in [4.78, 5) is 1.57. The molecule has 0 atom stereocenters. The van der Waals surface area contributed by atoms with E-state index >= 15 is 0 Å². The van der Waals surface area contributed by atoms with Gasteiger partial charge in [0.05, 0.1) is 5.69 Å². The lowest BCUT2D eigenvalue weighted by atomic mass is 10.2. The van der Waals surface area contributed by atoms with E-state index in [9.17, 15) is 0 Å². The molecule has 0 spiro atoms. The smallest absolute Gasteiger partial charge is 0.231 e. The number of aromatic nitrogens is 3. The number of hydrogen-bond donors (Lipinski definition) is 1. The quantitative estimate of drug-likeness (QED) is 0.683. The van der Waals surface area contributed by atoms with E-state index in [-0.39, 0.29) is 6.79 Å². The van der Waals surface area contributed by atoms with Crippen molar-refractivity contribution < 1.29 is 9.47 Å². The SMILES string of the molecule is Cc1cc2nn(-c3ccc4c(c3)OCO4)nc2cc1N. The van der Waals surface area contributed by atoms with E-state index in [2.05, 4.69) is 10.2 Å². The third-order valence-electron chi connectivity index (χ3n) is 3.36. The van der Waals surface area contributed by atoms with Gasteiger partial charge in [-0.25, -0.2) is 0 Å². The summed E-state index contributed by atoms with van der Waals surface area (Å²) in [6.45, 7) is 2.21. The number of aryl methyl sites for hydroxylation is 1. The molecule has 0 amide bonds. The second-order valence-electron chi connectivity index (χ2n) is 4.72. The Morgan fingerprint density at radius 1 is 1.05 bits per heavy atom. The predicted molar refractivity (Wildman–Crippen MR) is 74.1 cm³/mol. The molecule has 0 radical (unpaired) electrons. The molecule has 6 heteroatoms. The van der Waals surface area contributed by atoms with Gasteiger partial charge in [-0.2, -0.15) is 4.80 Å². The maximum atomic E-state index is 5.89. The first kappa shape index (κ1) is 11.1. The van der Waals surface area contributed by atoms with Crippen LogP contribution in [0.15, 0.2) is 30.3 Å². The van der Waals surface area contributed by atoms with Crippen molar-refractivity contribution in [1.82, 2.24) is 15.0 Å². The zero-order valence-electron chi connectivity index (χ0n) is 10.8. The molecular weight excluding hydrogens is 256 g/mol. The molecule has 2 heterocycles. The molecule has 1 aliphatic rings. The number of ether oxygens (including phenoxy) is 2. The predicted octanol–water partition coefficient (Wildman–Crippen LogP) is 2.04. The number of fused-ring (bicyclic) bond motifs is 2. The van der Waals surface area contributed by atoms with E-state index in [1.165, 1.54) is 0 Å². The number of nitrogens with zero attached hydrogens (tertiary/aromatic N) is 3. The van der Waals surface area contributed by atoms with E-state index in [0.29, 0.717) is 5.75 Å². The number of rotatable bonds is 1. The van der Waals surface area contributed by atoms with Gasteiger partial charge in [0.1, 0.15) is 11.0 Å². The molecule has 0 unspecified atom stereocenters. The van der Waals surface area contributed by atoms with Crippen molar-refractivity contribution in [2.24, 2.45) is 0 Å². The zero-order chi connectivity index (χ0) is 13.7. The lowest BCUT2D eigenvalue weighted by molar-refractivity contribution is 0.174. The Morgan fingerprint density at radius 2 is 1.80 bits per heavy atom. The molecule has 1 aromatic heterocycles. The molecule has 0 saturated heterocycles. The van der Waals surface area contributed by atoms with E-state index in [1.807, 2.05) is 37.3 Å². The van der Waals surface area contributed by atoms with E-state index in [1.54, 1.807) is 4.80 Å². The molecular formula is C14H12N4O2. The molecule has 2 N–H and O–H groups in total. The highest BCUT2D eigenvalue weighted by atomic mass is 16.7. The Balaban J connectivity index is 1.86. The van der Waals surface area contributed by atoms with Crippen molar-refractivity contribution in [3.05, 3.63) is 35.9 Å². The summed E-state index contributed by atoms with van der Waals surface area (Å²) >= 11 is 0. The summed E-state index contributed by atoms with van der Waals surface area (Å²) < 4.78 is 10.7. The lowest BCUT2D eigenvalue weighted by Crippen LogP contribution is -1.98. The first-order valence-electron chi connectivity index (χ1n) is 6.24. The first-order chi connectivity index (χ1) is 9.70. The molecule has 0 saturated carbocycles. The topological polar surface area (TPSA) is 75.2 Å². The fraction of sp³-hybridized carbons (Fsp3) is 0.143. The van der Waals surface area contributed by atoms with Crippen molar-refractivity contribution in [3.63, 3.8) is 0 Å². The molecule has 1 aliphatic heterocycles. The highest BCUT2D eigenvalue weighted by Crippen LogP contribution is 2.33. The molecule has 0 fully saturated rings. The summed E-state index contributed by atoms with van der Waals surface area (Å²) in [5.41, 5.74) is 10.0. The average molecular weight is 268 g/mol. The number of benzene rings is 2. The normalized spacial score (nSPS) is 13.1. The molecule has 20 heavy (non-hydrogen) atoms. The van der Waals surface area contributed by atoms with Gasteiger partial charge in [-0.3, -0.25) is 0 Å². The van der Waals surface area contributed by atoms with Crippen molar-refractivity contribution >= 4 is 16.7 Å². The van der Waals surface area contributed by atoms with E-state index in [4.69, 9.17) is 15.2 Å². The summed E-state index contributed by atoms with van der Waals surface area (Å²) in [5, 5.41) is 8.90. The molecule has 3 aromatic rings. The first-order valence-corrected chi connectivity index (χ1v) is 6.24. The average Bonchev–Trinajstić information content (AvgIpc) is 3.04. The number of anilines is 1. The van der Waals surface area contributed by atoms with Crippen LogP contribution >= 0.6 is 0 Å². The van der Waals surface area contributed by atoms with Gasteiger partial charge in [0.2, 0.25) is 6.79 Å². The van der Waals surface area contributed by atoms with Gasteiger partial charge in [-0.1, -0.05) is 0 Å². The Labute approximate surface area is 114 Å². The van der Waals surface area contributed by atoms with Crippen LogP contribution in [0.3, 0.4) is 0 Å². The molecule has 6 nitrogen and oxygen atoms in total. The van der Waals surface area contributed by atoms with E-state index < -0.39 is 0 Å². The molecule has 4 rings (SSSR count). The number of nitrogens with two attached hydrogens (primary N) is 1. The second kappa shape index (κ2) is 3.86. The van der Waals surface area contributed by atoms with E-state index in [0.717, 1.165) is 33.7 Å². The van der Waals surface area contributed by atoms with Crippen LogP contribution in [0.5, 0.6) is 11.5 Å². The van der Waals surface area contributed by atoms with Crippen LogP contribution in [-0.2, 0) is 0 Å². The largest absolute Gasteiger partial charge is 0.454 e. The summed E-state index contributed by atoms with van der Waals surface area (Å²) in [5.74, 6) is 1.45. The fourth-order valence-corrected chi connectivity index (χ4v) is 2.21. The fourth-order valence-electron chi connectivity index (χ4n) is 2.21. The Hall–Kier alpha value is -2.76. The molecule has 100 valence electrons. The van der Waals surface area contributed by atoms with Crippen LogP contribution in [0.1, 0.15) is 5.56 Å². The summed E-state index contributed by atoms with van der Waals surface area (Å²) in [6, 6.07) is 9.37. The van der Waals surface area contributed by atoms with Crippen molar-refractivity contribution in [3.8, 4) is 17.2 Å². The van der Waals surface area contributed by atoms with Gasteiger partial charge in [0.25, 0.3) is 0 Å². The summed E-state index contributed by atoms with van der Waals surface area (Å²) in [7, 11) is 0. The van der Waals surface area contributed by atoms with Crippen molar-refractivity contribution in [2.45, 2.75) is 6.92 Å². The second-order valence-corrected chi connectivity index (χ2v) is 4.72. The standard InChI is InChI=1S/C14H12N4O2/c1-8-4-11-12(6-10(8)15)17-18(16-11)9-2-3-13-14(5-9)20-7-19-13/h2-6H,7,15H2,1H3. The zero-order valence-corrected chi connectivity index (χ0v) is 10.8. The van der Waals surface area contributed by atoms with Crippen molar-refractivity contribution in [2.75, 3.05) is 12.5 Å². The number of nitrogen functional groups attached to an aromatic ring is 1. The minimum Gasteiger partial charge on any atom is -0.454 e. The van der Waals surface area contributed by atoms with Crippen LogP contribution in [0.2, 0.25) is 0 Å². The van der Waals surface area contributed by atoms with Gasteiger partial charge in [0.15, 0.2) is 11.5 Å². The molecule has 0 aliphatic carbocycles. The highest BCUT2D eigenvalue weighted by Gasteiger charge is 2.15. The Morgan fingerprint density at radius 3 is 2.65 bits per heavy atom. The maximum Gasteiger partial charge on any atom is 0.231 e. The van der Waals surface area contributed by atoms with Gasteiger partial charge in [0, 0.05) is 11.8 Å². The Bertz CT molecular complexity index is 786. The number of hydrogen-bond acceptors (Lipinski definition) is 5. The van der Waals surface area contributed by atoms with Crippen LogP contribution in [0, 0.1) is 6.92 Å². The van der Waals surface area contributed by atoms with Crippen molar-refractivity contribution in [1.29, 1.82) is 0 Å². The molecule has 2 aromatic carbocycles. The van der Waals surface area contributed by atoms with Crippen LogP contribution in [0.4, 0.5) is 5.69 Å². The third kappa shape index (κ3) is 1.58. The van der Waals surface area contributed by atoms with Gasteiger partial charge < -0.3 is 15.2 Å². The monoisotopic (exact) mass is 268 g/mol. The van der Waals surface area contributed by atoms with Gasteiger partial charge in [-0.15, -0.1) is 10.2 Å². The van der Waals surface area contributed by atoms with Gasteiger partial charge in [-0.05, 0) is 36.8 Å². The molecule has 0 bridgehead atoms. The minimum absolute atomic E-state index is 0.253. The van der Waals surface area contributed by atoms with Crippen LogP contribution in [0.25, 0.3) is 16.7 Å². The minimum atomic E-state index is 0.253.